The molecule has 0 bridgehead atoms. The van der Waals surface area contributed by atoms with E-state index in [9.17, 15) is 0 Å². The van der Waals surface area contributed by atoms with Crippen LogP contribution >= 0.6 is 0 Å². The van der Waals surface area contributed by atoms with Crippen molar-refractivity contribution in [3.63, 3.8) is 0 Å². The topological polar surface area (TPSA) is 30.3 Å². The molecule has 2 fully saturated rings. The van der Waals surface area contributed by atoms with Gasteiger partial charge in [0.1, 0.15) is 5.82 Å². The van der Waals surface area contributed by atoms with Crippen molar-refractivity contribution >= 4 is 11.9 Å². The van der Waals surface area contributed by atoms with Crippen LogP contribution in [0.4, 0.5) is 0 Å². The quantitative estimate of drug-likeness (QED) is 0.768. The van der Waals surface area contributed by atoms with Crippen LogP contribution in [0.15, 0.2) is 19.0 Å². The molecule has 0 unspecified atom stereocenters. The number of nitrogens with zero attached hydrogens (tertiary/aromatic N) is 3. The first-order valence-corrected chi connectivity index (χ1v) is 9.62. The molecule has 130 valence electrons. The van der Waals surface area contributed by atoms with Crippen LogP contribution in [0.5, 0.6) is 0 Å². The minimum Gasteiger partial charge on any atom is -0.381 e. The fraction of sp³-hybridized carbons (Fsp3) is 0.650. The minimum absolute atomic E-state index is 0.512. The Labute approximate surface area is 145 Å². The highest BCUT2D eigenvalue weighted by Crippen LogP contribution is 2.33. The molecule has 24 heavy (non-hydrogen) atoms. The molecule has 1 saturated heterocycles. The van der Waals surface area contributed by atoms with Crippen molar-refractivity contribution in [2.75, 3.05) is 19.8 Å². The van der Waals surface area contributed by atoms with Gasteiger partial charge < -0.3 is 14.2 Å². The van der Waals surface area contributed by atoms with Gasteiger partial charge in [-0.3, -0.25) is 0 Å². The molecule has 1 aliphatic carbocycles. The summed E-state index contributed by atoms with van der Waals surface area (Å²) >= 11 is 0. The highest BCUT2D eigenvalue weighted by atomic mass is 16.5. The number of aromatic nitrogens is 2. The Hall–Kier alpha value is -1.55. The van der Waals surface area contributed by atoms with Crippen LogP contribution < -0.4 is 0 Å². The van der Waals surface area contributed by atoms with E-state index < -0.39 is 0 Å². The van der Waals surface area contributed by atoms with Gasteiger partial charge in [0.2, 0.25) is 0 Å². The number of ether oxygens (including phenoxy) is 1. The maximum atomic E-state index is 5.49. The number of rotatable bonds is 3. The van der Waals surface area contributed by atoms with E-state index in [4.69, 9.17) is 9.72 Å². The summed E-state index contributed by atoms with van der Waals surface area (Å²) in [5.74, 6) is 2.50. The molecule has 0 spiro atoms. The molecular formula is C20H29N3O. The number of hydrogen-bond acceptors (Lipinski definition) is 3. The van der Waals surface area contributed by atoms with Crippen molar-refractivity contribution in [2.45, 2.75) is 57.3 Å². The Kier molecular flexibility index (Phi) is 4.74. The molecule has 0 N–H and O–H groups in total. The molecule has 2 aliphatic heterocycles. The summed E-state index contributed by atoms with van der Waals surface area (Å²) in [5.41, 5.74) is 2.26. The van der Waals surface area contributed by atoms with Gasteiger partial charge in [0.15, 0.2) is 0 Å². The van der Waals surface area contributed by atoms with Crippen molar-refractivity contribution < 1.29 is 4.74 Å². The third kappa shape index (κ3) is 3.16. The van der Waals surface area contributed by atoms with Crippen molar-refractivity contribution in [2.24, 2.45) is 5.92 Å². The third-order valence-electron chi connectivity index (χ3n) is 5.88. The zero-order chi connectivity index (χ0) is 16.4. The first kappa shape index (κ1) is 15.9. The van der Waals surface area contributed by atoms with Gasteiger partial charge in [-0.15, -0.1) is 0 Å². The summed E-state index contributed by atoms with van der Waals surface area (Å²) in [4.78, 5) is 7.08. The fourth-order valence-corrected chi connectivity index (χ4v) is 4.38. The second kappa shape index (κ2) is 7.14. The molecule has 3 aliphatic rings. The molecule has 4 rings (SSSR count). The van der Waals surface area contributed by atoms with Gasteiger partial charge in [-0.1, -0.05) is 32.3 Å². The number of imidazole rings is 1. The Balaban J connectivity index is 1.48. The van der Waals surface area contributed by atoms with E-state index in [1.807, 2.05) is 6.20 Å². The zero-order valence-electron chi connectivity index (χ0n) is 14.6. The summed E-state index contributed by atoms with van der Waals surface area (Å²) < 4.78 is 7.75. The van der Waals surface area contributed by atoms with Crippen molar-refractivity contribution in [3.05, 3.63) is 30.5 Å². The Bertz CT molecular complexity index is 604. The summed E-state index contributed by atoms with van der Waals surface area (Å²) in [5, 5.41) is 0. The van der Waals surface area contributed by atoms with Crippen molar-refractivity contribution in [3.8, 4) is 0 Å². The van der Waals surface area contributed by atoms with Crippen molar-refractivity contribution in [1.29, 1.82) is 0 Å². The number of hydrogen-bond donors (Lipinski definition) is 0. The summed E-state index contributed by atoms with van der Waals surface area (Å²) in [6, 6.07) is 0. The van der Waals surface area contributed by atoms with Gasteiger partial charge in [-0.25, -0.2) is 4.98 Å². The lowest BCUT2D eigenvalue weighted by atomic mass is 9.99. The lowest BCUT2D eigenvalue weighted by Crippen LogP contribution is -2.27. The van der Waals surface area contributed by atoms with E-state index in [-0.39, 0.29) is 0 Å². The van der Waals surface area contributed by atoms with E-state index in [2.05, 4.69) is 28.4 Å². The SMILES string of the molecule is C=C1c2cnc(C3CCOCC3)n2C=CN1CC1CCCCCC1. The smallest absolute Gasteiger partial charge is 0.116 e. The normalized spacial score (nSPS) is 23.3. The molecule has 0 aromatic carbocycles. The summed E-state index contributed by atoms with van der Waals surface area (Å²) in [7, 11) is 0. The first-order chi connectivity index (χ1) is 11.8. The highest BCUT2D eigenvalue weighted by molar-refractivity contribution is 5.65. The van der Waals surface area contributed by atoms with E-state index in [1.54, 1.807) is 0 Å². The Morgan fingerprint density at radius 2 is 1.79 bits per heavy atom. The van der Waals surface area contributed by atoms with Crippen LogP contribution in [0.2, 0.25) is 0 Å². The lowest BCUT2D eigenvalue weighted by molar-refractivity contribution is 0.0833. The van der Waals surface area contributed by atoms with Crippen molar-refractivity contribution in [1.82, 2.24) is 14.5 Å². The predicted molar refractivity (Wildman–Crippen MR) is 97.3 cm³/mol. The monoisotopic (exact) mass is 327 g/mol. The largest absolute Gasteiger partial charge is 0.381 e. The second-order valence-corrected chi connectivity index (χ2v) is 7.51. The summed E-state index contributed by atoms with van der Waals surface area (Å²) in [6.07, 6.45) is 16.9. The number of fused-ring (bicyclic) bond motifs is 1. The molecule has 0 amide bonds. The maximum Gasteiger partial charge on any atom is 0.116 e. The molecule has 4 heteroatoms. The molecule has 4 nitrogen and oxygen atoms in total. The van der Waals surface area contributed by atoms with E-state index >= 15 is 0 Å². The van der Waals surface area contributed by atoms with Crippen LogP contribution in [0.1, 0.15) is 68.8 Å². The zero-order valence-corrected chi connectivity index (χ0v) is 14.6. The van der Waals surface area contributed by atoms with E-state index in [0.717, 1.165) is 49.9 Å². The second-order valence-electron chi connectivity index (χ2n) is 7.51. The van der Waals surface area contributed by atoms with Crippen LogP contribution in [-0.4, -0.2) is 34.2 Å². The van der Waals surface area contributed by atoms with Gasteiger partial charge >= 0.3 is 0 Å². The molecule has 1 aromatic rings. The highest BCUT2D eigenvalue weighted by Gasteiger charge is 2.26. The average molecular weight is 327 g/mol. The Morgan fingerprint density at radius 3 is 2.54 bits per heavy atom. The molecule has 1 aromatic heterocycles. The van der Waals surface area contributed by atoms with Gasteiger partial charge in [-0.2, -0.15) is 0 Å². The molecule has 1 saturated carbocycles. The van der Waals surface area contributed by atoms with Gasteiger partial charge in [0, 0.05) is 38.1 Å². The van der Waals surface area contributed by atoms with E-state index in [0.29, 0.717) is 5.92 Å². The van der Waals surface area contributed by atoms with Gasteiger partial charge in [0.05, 0.1) is 17.6 Å². The Morgan fingerprint density at radius 1 is 1.04 bits per heavy atom. The molecule has 0 atom stereocenters. The van der Waals surface area contributed by atoms with Crippen LogP contribution in [-0.2, 0) is 4.74 Å². The van der Waals surface area contributed by atoms with E-state index in [1.165, 1.54) is 44.3 Å². The molecular weight excluding hydrogens is 298 g/mol. The third-order valence-corrected chi connectivity index (χ3v) is 5.88. The van der Waals surface area contributed by atoms with Crippen LogP contribution in [0.25, 0.3) is 11.9 Å². The molecule has 0 radical (unpaired) electrons. The predicted octanol–water partition coefficient (Wildman–Crippen LogP) is 4.46. The standard InChI is InChI=1S/C20H29N3O/c1-16-19-14-21-20(18-8-12-24-13-9-18)23(19)11-10-22(16)15-17-6-4-2-3-5-7-17/h10-11,14,17-18H,1-9,12-13,15H2. The molecule has 3 heterocycles. The van der Waals surface area contributed by atoms with Crippen LogP contribution in [0.3, 0.4) is 0 Å². The van der Waals surface area contributed by atoms with Gasteiger partial charge in [-0.05, 0) is 31.6 Å². The summed E-state index contributed by atoms with van der Waals surface area (Å²) in [6.45, 7) is 7.18. The fourth-order valence-electron chi connectivity index (χ4n) is 4.38. The van der Waals surface area contributed by atoms with Crippen LogP contribution in [0, 0.1) is 5.92 Å². The minimum atomic E-state index is 0.512. The van der Waals surface area contributed by atoms with Gasteiger partial charge in [0.25, 0.3) is 0 Å². The average Bonchev–Trinajstić information content (AvgIpc) is 2.89. The first-order valence-electron chi connectivity index (χ1n) is 9.62. The maximum absolute atomic E-state index is 5.49. The lowest BCUT2D eigenvalue weighted by Gasteiger charge is -2.31.